The molecule has 2 amide bonds. The molecule has 1 aliphatic heterocycles. The van der Waals surface area contributed by atoms with Crippen LogP contribution < -0.4 is 0 Å². The van der Waals surface area contributed by atoms with Crippen molar-refractivity contribution < 1.29 is 19.8 Å². The molecule has 114 valence electrons. The highest BCUT2D eigenvalue weighted by Gasteiger charge is 2.35. The maximum atomic E-state index is 12.3. The van der Waals surface area contributed by atoms with Crippen molar-refractivity contribution >= 4 is 12.0 Å². The number of amides is 2. The van der Waals surface area contributed by atoms with Crippen LogP contribution in [0.5, 0.6) is 0 Å². The van der Waals surface area contributed by atoms with Gasteiger partial charge in [-0.1, -0.05) is 12.8 Å². The molecule has 2 fully saturated rings. The SMILES string of the molecule is CN(CC1(O)CCCC1)C(=O)N1CCC[C@H](C(=O)O)C1. The Bertz CT molecular complexity index is 379. The van der Waals surface area contributed by atoms with Crippen molar-refractivity contribution in [1.29, 1.82) is 0 Å². The number of hydrogen-bond acceptors (Lipinski definition) is 3. The van der Waals surface area contributed by atoms with Gasteiger partial charge in [0.15, 0.2) is 0 Å². The number of piperidine rings is 1. The van der Waals surface area contributed by atoms with Crippen LogP contribution in [0.3, 0.4) is 0 Å². The molecule has 0 aromatic carbocycles. The summed E-state index contributed by atoms with van der Waals surface area (Å²) in [4.78, 5) is 26.5. The Morgan fingerprint density at radius 3 is 2.55 bits per heavy atom. The Hall–Kier alpha value is -1.30. The number of nitrogens with zero attached hydrogens (tertiary/aromatic N) is 2. The van der Waals surface area contributed by atoms with E-state index >= 15 is 0 Å². The summed E-state index contributed by atoms with van der Waals surface area (Å²) in [6.07, 6.45) is 4.84. The first-order valence-corrected chi connectivity index (χ1v) is 7.36. The van der Waals surface area contributed by atoms with Gasteiger partial charge in [-0.2, -0.15) is 0 Å². The van der Waals surface area contributed by atoms with Gasteiger partial charge in [0.2, 0.25) is 0 Å². The summed E-state index contributed by atoms with van der Waals surface area (Å²) in [5.74, 6) is -1.30. The highest BCUT2D eigenvalue weighted by molar-refractivity contribution is 5.76. The van der Waals surface area contributed by atoms with Crippen LogP contribution in [-0.2, 0) is 4.79 Å². The standard InChI is InChI=1S/C14H24N2O4/c1-15(10-14(20)6-2-3-7-14)13(19)16-8-4-5-11(9-16)12(17)18/h11,20H,2-10H2,1H3,(H,17,18)/t11-/m0/s1. The van der Waals surface area contributed by atoms with Gasteiger partial charge in [-0.25, -0.2) is 4.79 Å². The molecule has 0 aromatic rings. The van der Waals surface area contributed by atoms with E-state index in [4.69, 9.17) is 5.11 Å². The van der Waals surface area contributed by atoms with Gasteiger partial charge in [-0.3, -0.25) is 4.79 Å². The zero-order chi connectivity index (χ0) is 14.8. The van der Waals surface area contributed by atoms with Gasteiger partial charge in [0, 0.05) is 20.1 Å². The molecule has 2 rings (SSSR count). The lowest BCUT2D eigenvalue weighted by molar-refractivity contribution is -0.143. The maximum absolute atomic E-state index is 12.3. The number of aliphatic carboxylic acids is 1. The van der Waals surface area contributed by atoms with Crippen molar-refractivity contribution in [1.82, 2.24) is 9.80 Å². The van der Waals surface area contributed by atoms with Gasteiger partial charge in [0.25, 0.3) is 0 Å². The summed E-state index contributed by atoms with van der Waals surface area (Å²) >= 11 is 0. The molecule has 1 saturated carbocycles. The molecule has 0 radical (unpaired) electrons. The number of carboxylic acids is 1. The third-order valence-corrected chi connectivity index (χ3v) is 4.43. The number of carboxylic acid groups (broad SMARTS) is 1. The van der Waals surface area contributed by atoms with Crippen LogP contribution in [0.2, 0.25) is 0 Å². The van der Waals surface area contributed by atoms with Crippen molar-refractivity contribution in [2.75, 3.05) is 26.7 Å². The summed E-state index contributed by atoms with van der Waals surface area (Å²) in [5.41, 5.74) is -0.758. The van der Waals surface area contributed by atoms with E-state index in [0.29, 0.717) is 19.5 Å². The lowest BCUT2D eigenvalue weighted by Crippen LogP contribution is -2.51. The van der Waals surface area contributed by atoms with Gasteiger partial charge < -0.3 is 20.0 Å². The summed E-state index contributed by atoms with van der Waals surface area (Å²) in [5, 5.41) is 19.4. The largest absolute Gasteiger partial charge is 0.481 e. The van der Waals surface area contributed by atoms with Crippen LogP contribution in [0.1, 0.15) is 38.5 Å². The minimum atomic E-state index is -0.834. The van der Waals surface area contributed by atoms with Gasteiger partial charge in [0.05, 0.1) is 18.1 Å². The molecule has 20 heavy (non-hydrogen) atoms. The molecule has 1 aliphatic carbocycles. The smallest absolute Gasteiger partial charge is 0.319 e. The van der Waals surface area contributed by atoms with Crippen LogP contribution in [0.4, 0.5) is 4.79 Å². The molecule has 2 aliphatic rings. The highest BCUT2D eigenvalue weighted by atomic mass is 16.4. The minimum Gasteiger partial charge on any atom is -0.481 e. The van der Waals surface area contributed by atoms with E-state index in [1.54, 1.807) is 11.9 Å². The second-order valence-electron chi connectivity index (χ2n) is 6.19. The number of aliphatic hydroxyl groups is 1. The summed E-state index contributed by atoms with van der Waals surface area (Å²) < 4.78 is 0. The first kappa shape index (κ1) is 15.1. The molecule has 0 aromatic heterocycles. The Labute approximate surface area is 119 Å². The molecule has 1 saturated heterocycles. The number of carbonyl (C=O) groups is 2. The summed E-state index contributed by atoms with van der Waals surface area (Å²) in [7, 11) is 1.68. The first-order valence-electron chi connectivity index (χ1n) is 7.36. The summed E-state index contributed by atoms with van der Waals surface area (Å²) in [6, 6.07) is -0.170. The number of rotatable bonds is 3. The molecular weight excluding hydrogens is 260 g/mol. The lowest BCUT2D eigenvalue weighted by atomic mass is 9.98. The average molecular weight is 284 g/mol. The number of urea groups is 1. The molecule has 0 spiro atoms. The summed E-state index contributed by atoms with van der Waals surface area (Å²) in [6.45, 7) is 1.21. The van der Waals surface area contributed by atoms with Crippen LogP contribution in [0.15, 0.2) is 0 Å². The quantitative estimate of drug-likeness (QED) is 0.814. The molecule has 2 N–H and O–H groups in total. The van der Waals surface area contributed by atoms with Crippen LogP contribution in [-0.4, -0.2) is 64.3 Å². The van der Waals surface area contributed by atoms with Crippen LogP contribution in [0, 0.1) is 5.92 Å². The molecule has 1 atom stereocenters. The molecule has 1 heterocycles. The van der Waals surface area contributed by atoms with Crippen LogP contribution in [0.25, 0.3) is 0 Å². The zero-order valence-electron chi connectivity index (χ0n) is 12.0. The second-order valence-corrected chi connectivity index (χ2v) is 6.19. The van der Waals surface area contributed by atoms with Crippen molar-refractivity contribution in [2.24, 2.45) is 5.92 Å². The normalized spacial score (nSPS) is 25.5. The minimum absolute atomic E-state index is 0.170. The fourth-order valence-electron chi connectivity index (χ4n) is 3.29. The average Bonchev–Trinajstić information content (AvgIpc) is 2.84. The van der Waals surface area contributed by atoms with E-state index in [1.165, 1.54) is 4.90 Å². The number of carbonyl (C=O) groups excluding carboxylic acids is 1. The fraction of sp³-hybridized carbons (Fsp3) is 0.857. The zero-order valence-corrected chi connectivity index (χ0v) is 12.0. The van der Waals surface area contributed by atoms with Crippen molar-refractivity contribution in [3.63, 3.8) is 0 Å². The Morgan fingerprint density at radius 1 is 1.30 bits per heavy atom. The molecule has 0 unspecified atom stereocenters. The topological polar surface area (TPSA) is 81.1 Å². The van der Waals surface area contributed by atoms with E-state index in [1.807, 2.05) is 0 Å². The maximum Gasteiger partial charge on any atom is 0.319 e. The molecular formula is C14H24N2O4. The van der Waals surface area contributed by atoms with Crippen LogP contribution >= 0.6 is 0 Å². The van der Waals surface area contributed by atoms with Crippen molar-refractivity contribution in [3.05, 3.63) is 0 Å². The van der Waals surface area contributed by atoms with E-state index in [0.717, 1.165) is 32.1 Å². The predicted molar refractivity (Wildman–Crippen MR) is 73.4 cm³/mol. The molecule has 0 bridgehead atoms. The van der Waals surface area contributed by atoms with Crippen molar-refractivity contribution in [3.8, 4) is 0 Å². The highest BCUT2D eigenvalue weighted by Crippen LogP contribution is 2.30. The monoisotopic (exact) mass is 284 g/mol. The fourth-order valence-corrected chi connectivity index (χ4v) is 3.29. The first-order chi connectivity index (χ1) is 9.41. The van der Waals surface area contributed by atoms with Gasteiger partial charge in [-0.05, 0) is 25.7 Å². The third-order valence-electron chi connectivity index (χ3n) is 4.43. The molecule has 6 nitrogen and oxygen atoms in total. The predicted octanol–water partition coefficient (Wildman–Crippen LogP) is 1.14. The number of hydrogen-bond donors (Lipinski definition) is 2. The van der Waals surface area contributed by atoms with E-state index < -0.39 is 17.5 Å². The van der Waals surface area contributed by atoms with E-state index in [9.17, 15) is 14.7 Å². The van der Waals surface area contributed by atoms with E-state index in [2.05, 4.69) is 0 Å². The number of likely N-dealkylation sites (tertiary alicyclic amines) is 1. The van der Waals surface area contributed by atoms with Gasteiger partial charge in [0.1, 0.15) is 0 Å². The van der Waals surface area contributed by atoms with Crippen molar-refractivity contribution in [2.45, 2.75) is 44.1 Å². The Balaban J connectivity index is 1.91. The Kier molecular flexibility index (Phi) is 4.52. The molecule has 6 heteroatoms. The van der Waals surface area contributed by atoms with Gasteiger partial charge in [-0.15, -0.1) is 0 Å². The third kappa shape index (κ3) is 3.42. The lowest BCUT2D eigenvalue weighted by Gasteiger charge is -2.36. The van der Waals surface area contributed by atoms with E-state index in [-0.39, 0.29) is 12.6 Å². The Morgan fingerprint density at radius 2 is 1.95 bits per heavy atom. The van der Waals surface area contributed by atoms with Gasteiger partial charge >= 0.3 is 12.0 Å². The number of likely N-dealkylation sites (N-methyl/N-ethyl adjacent to an activating group) is 1. The second kappa shape index (κ2) is 5.99.